The predicted molar refractivity (Wildman–Crippen MR) is 85.7 cm³/mol. The fraction of sp³-hybridized carbons (Fsp3) is 0.588. The highest BCUT2D eigenvalue weighted by Crippen LogP contribution is 2.23. The lowest BCUT2D eigenvalue weighted by Crippen LogP contribution is -2.34. The van der Waals surface area contributed by atoms with Gasteiger partial charge in [-0.25, -0.2) is 9.18 Å². The van der Waals surface area contributed by atoms with Crippen LogP contribution >= 0.6 is 0 Å². The van der Waals surface area contributed by atoms with Gasteiger partial charge in [0.15, 0.2) is 0 Å². The third-order valence-electron chi connectivity index (χ3n) is 3.27. The molecule has 1 aromatic carbocycles. The van der Waals surface area contributed by atoms with Crippen molar-refractivity contribution < 1.29 is 24.1 Å². The average Bonchev–Trinajstić information content (AvgIpc) is 2.41. The van der Waals surface area contributed by atoms with Crippen molar-refractivity contribution >= 4 is 6.09 Å². The Kier molecular flexibility index (Phi) is 6.53. The van der Waals surface area contributed by atoms with E-state index in [0.29, 0.717) is 16.7 Å². The summed E-state index contributed by atoms with van der Waals surface area (Å²) in [6, 6.07) is 3.02. The van der Waals surface area contributed by atoms with Crippen molar-refractivity contribution in [2.75, 3.05) is 6.54 Å². The van der Waals surface area contributed by atoms with E-state index in [4.69, 9.17) is 4.74 Å². The quantitative estimate of drug-likeness (QED) is 0.777. The fourth-order valence-corrected chi connectivity index (χ4v) is 2.17. The van der Waals surface area contributed by atoms with Crippen LogP contribution in [0.4, 0.5) is 9.18 Å². The number of benzene rings is 1. The minimum Gasteiger partial charge on any atom is -0.444 e. The standard InChI is InChI=1S/C17H26FNO4/c1-10-8-12(9-11(2)14(10)18)15(21)13(20)6-7-19-16(22)23-17(3,4)5/h8-9,13,15,20-21H,6-7H2,1-5H3,(H,19,22). The number of aliphatic hydroxyl groups is 2. The molecule has 0 radical (unpaired) electrons. The number of carbonyl (C=O) groups excluding carboxylic acids is 1. The van der Waals surface area contributed by atoms with Gasteiger partial charge in [0.1, 0.15) is 17.5 Å². The Balaban J connectivity index is 2.55. The van der Waals surface area contributed by atoms with Crippen molar-refractivity contribution in [2.45, 2.75) is 58.8 Å². The molecule has 0 aromatic heterocycles. The molecule has 0 saturated heterocycles. The molecular formula is C17H26FNO4. The fourth-order valence-electron chi connectivity index (χ4n) is 2.17. The van der Waals surface area contributed by atoms with E-state index in [1.54, 1.807) is 34.6 Å². The van der Waals surface area contributed by atoms with Gasteiger partial charge in [0.25, 0.3) is 0 Å². The second-order valence-electron chi connectivity index (χ2n) is 6.70. The topological polar surface area (TPSA) is 78.8 Å². The van der Waals surface area contributed by atoms with E-state index in [-0.39, 0.29) is 18.8 Å². The average molecular weight is 327 g/mol. The number of nitrogens with one attached hydrogen (secondary N) is 1. The van der Waals surface area contributed by atoms with Crippen LogP contribution in [0.3, 0.4) is 0 Å². The van der Waals surface area contributed by atoms with Crippen LogP contribution in [0.5, 0.6) is 0 Å². The number of halogens is 1. The Bertz CT molecular complexity index is 531. The normalized spacial score (nSPS) is 14.3. The highest BCUT2D eigenvalue weighted by molar-refractivity contribution is 5.67. The summed E-state index contributed by atoms with van der Waals surface area (Å²) in [6.07, 6.45) is -2.65. The number of carbonyl (C=O) groups is 1. The van der Waals surface area contributed by atoms with Gasteiger partial charge in [0.05, 0.1) is 6.10 Å². The second-order valence-corrected chi connectivity index (χ2v) is 6.70. The van der Waals surface area contributed by atoms with E-state index in [9.17, 15) is 19.4 Å². The van der Waals surface area contributed by atoms with E-state index in [1.807, 2.05) is 0 Å². The van der Waals surface area contributed by atoms with E-state index >= 15 is 0 Å². The second kappa shape index (κ2) is 7.75. The van der Waals surface area contributed by atoms with Gasteiger partial charge in [-0.1, -0.05) is 12.1 Å². The van der Waals surface area contributed by atoms with Gasteiger partial charge in [0, 0.05) is 6.54 Å². The number of alkyl carbamates (subject to hydrolysis) is 1. The molecule has 1 amide bonds. The number of ether oxygens (including phenoxy) is 1. The summed E-state index contributed by atoms with van der Waals surface area (Å²) in [5.41, 5.74) is 0.688. The van der Waals surface area contributed by atoms with Crippen molar-refractivity contribution in [3.63, 3.8) is 0 Å². The molecule has 5 nitrogen and oxygen atoms in total. The van der Waals surface area contributed by atoms with Gasteiger partial charge < -0.3 is 20.3 Å². The van der Waals surface area contributed by atoms with Gasteiger partial charge in [0.2, 0.25) is 0 Å². The Labute approximate surface area is 136 Å². The SMILES string of the molecule is Cc1cc(C(O)C(O)CCNC(=O)OC(C)(C)C)cc(C)c1F. The van der Waals surface area contributed by atoms with Crippen molar-refractivity contribution in [1.82, 2.24) is 5.32 Å². The monoisotopic (exact) mass is 327 g/mol. The van der Waals surface area contributed by atoms with Crippen LogP contribution in [-0.4, -0.2) is 34.6 Å². The molecule has 0 heterocycles. The molecule has 0 fully saturated rings. The van der Waals surface area contributed by atoms with Crippen LogP contribution in [0.15, 0.2) is 12.1 Å². The summed E-state index contributed by atoms with van der Waals surface area (Å²) in [7, 11) is 0. The molecule has 0 saturated carbocycles. The third-order valence-corrected chi connectivity index (χ3v) is 3.27. The first-order valence-corrected chi connectivity index (χ1v) is 7.61. The lowest BCUT2D eigenvalue weighted by molar-refractivity contribution is 0.0122. The Morgan fingerprint density at radius 1 is 1.26 bits per heavy atom. The molecule has 0 aliphatic heterocycles. The Morgan fingerprint density at radius 3 is 2.26 bits per heavy atom. The summed E-state index contributed by atoms with van der Waals surface area (Å²) in [5, 5.41) is 22.7. The highest BCUT2D eigenvalue weighted by Gasteiger charge is 2.21. The zero-order valence-corrected chi connectivity index (χ0v) is 14.3. The third kappa shape index (κ3) is 6.15. The van der Waals surface area contributed by atoms with E-state index in [2.05, 4.69) is 5.32 Å². The largest absolute Gasteiger partial charge is 0.444 e. The summed E-state index contributed by atoms with van der Waals surface area (Å²) in [4.78, 5) is 11.5. The summed E-state index contributed by atoms with van der Waals surface area (Å²) in [5.74, 6) is -0.318. The van der Waals surface area contributed by atoms with Crippen LogP contribution in [0, 0.1) is 19.7 Å². The maximum absolute atomic E-state index is 13.6. The molecule has 3 N–H and O–H groups in total. The first-order chi connectivity index (χ1) is 10.5. The van der Waals surface area contributed by atoms with Gasteiger partial charge in [-0.15, -0.1) is 0 Å². The minimum atomic E-state index is -1.14. The van der Waals surface area contributed by atoms with Gasteiger partial charge >= 0.3 is 6.09 Å². The molecular weight excluding hydrogens is 301 g/mol. The number of aliphatic hydroxyl groups excluding tert-OH is 2. The zero-order chi connectivity index (χ0) is 17.8. The summed E-state index contributed by atoms with van der Waals surface area (Å²) in [6.45, 7) is 8.63. The Hall–Kier alpha value is -1.66. The van der Waals surface area contributed by atoms with Crippen molar-refractivity contribution in [3.8, 4) is 0 Å². The van der Waals surface area contributed by atoms with Crippen molar-refractivity contribution in [2.24, 2.45) is 0 Å². The maximum atomic E-state index is 13.6. The molecule has 0 aliphatic rings. The number of rotatable bonds is 5. The van der Waals surface area contributed by atoms with E-state index < -0.39 is 23.9 Å². The number of hydrogen-bond donors (Lipinski definition) is 3. The molecule has 130 valence electrons. The van der Waals surface area contributed by atoms with Gasteiger partial charge in [-0.2, -0.15) is 0 Å². The maximum Gasteiger partial charge on any atom is 0.407 e. The molecule has 1 aromatic rings. The van der Waals surface area contributed by atoms with Crippen LogP contribution in [0.2, 0.25) is 0 Å². The molecule has 1 rings (SSSR count). The first-order valence-electron chi connectivity index (χ1n) is 7.61. The summed E-state index contributed by atoms with van der Waals surface area (Å²) < 4.78 is 18.7. The molecule has 2 unspecified atom stereocenters. The zero-order valence-electron chi connectivity index (χ0n) is 14.3. The lowest BCUT2D eigenvalue weighted by atomic mass is 9.98. The summed E-state index contributed by atoms with van der Waals surface area (Å²) >= 11 is 0. The molecule has 0 aliphatic carbocycles. The Morgan fingerprint density at radius 2 is 1.78 bits per heavy atom. The molecule has 0 spiro atoms. The first kappa shape index (κ1) is 19.4. The van der Waals surface area contributed by atoms with E-state index in [1.165, 1.54) is 12.1 Å². The molecule has 0 bridgehead atoms. The minimum absolute atomic E-state index is 0.149. The van der Waals surface area contributed by atoms with Crippen LogP contribution in [0.25, 0.3) is 0 Å². The lowest BCUT2D eigenvalue weighted by Gasteiger charge is -2.21. The smallest absolute Gasteiger partial charge is 0.407 e. The van der Waals surface area contributed by atoms with Gasteiger partial charge in [-0.05, 0) is 57.7 Å². The molecule has 6 heteroatoms. The van der Waals surface area contributed by atoms with E-state index in [0.717, 1.165) is 0 Å². The molecule has 2 atom stereocenters. The predicted octanol–water partition coefficient (Wildman–Crippen LogP) is 2.75. The number of hydrogen-bond acceptors (Lipinski definition) is 4. The number of amides is 1. The highest BCUT2D eigenvalue weighted by atomic mass is 19.1. The van der Waals surface area contributed by atoms with Crippen LogP contribution in [-0.2, 0) is 4.74 Å². The number of aryl methyl sites for hydroxylation is 2. The molecule has 23 heavy (non-hydrogen) atoms. The van der Waals surface area contributed by atoms with Gasteiger partial charge in [-0.3, -0.25) is 0 Å². The van der Waals surface area contributed by atoms with Crippen molar-refractivity contribution in [1.29, 1.82) is 0 Å². The van der Waals surface area contributed by atoms with Crippen molar-refractivity contribution in [3.05, 3.63) is 34.6 Å². The van der Waals surface area contributed by atoms with Crippen LogP contribution in [0.1, 0.15) is 50.0 Å². The van der Waals surface area contributed by atoms with Crippen LogP contribution < -0.4 is 5.32 Å².